The first-order chi connectivity index (χ1) is 12.0. The van der Waals surface area contributed by atoms with Crippen LogP contribution in [-0.4, -0.2) is 48.8 Å². The fourth-order valence-corrected chi connectivity index (χ4v) is 5.28. The van der Waals surface area contributed by atoms with Gasteiger partial charge in [0.15, 0.2) is 9.84 Å². The van der Waals surface area contributed by atoms with Crippen molar-refractivity contribution in [1.29, 1.82) is 0 Å². The molecular formula is C18H20N2O3S2. The van der Waals surface area contributed by atoms with Crippen molar-refractivity contribution in [2.45, 2.75) is 28.8 Å². The second kappa shape index (κ2) is 7.58. The second-order valence-corrected chi connectivity index (χ2v) is 8.78. The summed E-state index contributed by atoms with van der Waals surface area (Å²) < 4.78 is 25.3. The number of likely N-dealkylation sites (tertiary alicyclic amines) is 1. The Balaban J connectivity index is 1.82. The maximum absolute atomic E-state index is 12.9. The van der Waals surface area contributed by atoms with Gasteiger partial charge in [-0.15, -0.1) is 11.8 Å². The lowest BCUT2D eigenvalue weighted by atomic mass is 10.2. The van der Waals surface area contributed by atoms with Crippen LogP contribution in [0.15, 0.2) is 58.6 Å². The molecular weight excluding hydrogens is 356 g/mol. The molecule has 132 valence electrons. The Kier molecular flexibility index (Phi) is 5.44. The first-order valence-electron chi connectivity index (χ1n) is 8.10. The third-order valence-electron chi connectivity index (χ3n) is 4.35. The maximum atomic E-state index is 12.9. The van der Waals surface area contributed by atoms with Gasteiger partial charge in [0.05, 0.1) is 16.2 Å². The van der Waals surface area contributed by atoms with E-state index in [-0.39, 0.29) is 17.7 Å². The quantitative estimate of drug-likeness (QED) is 0.751. The lowest BCUT2D eigenvalue weighted by molar-refractivity contribution is 0.0745. The number of pyridine rings is 1. The number of aromatic nitrogens is 1. The Labute approximate surface area is 152 Å². The van der Waals surface area contributed by atoms with Crippen LogP contribution in [0.3, 0.4) is 0 Å². The molecule has 1 saturated heterocycles. The summed E-state index contributed by atoms with van der Waals surface area (Å²) in [4.78, 5) is 19.2. The third-order valence-corrected chi connectivity index (χ3v) is 6.87. The fourth-order valence-electron chi connectivity index (χ4n) is 3.12. The molecule has 1 aliphatic heterocycles. The van der Waals surface area contributed by atoms with Gasteiger partial charge < -0.3 is 4.90 Å². The van der Waals surface area contributed by atoms with E-state index in [1.165, 1.54) is 11.8 Å². The molecule has 25 heavy (non-hydrogen) atoms. The van der Waals surface area contributed by atoms with Gasteiger partial charge in [-0.2, -0.15) is 0 Å². The molecule has 1 aliphatic rings. The van der Waals surface area contributed by atoms with E-state index in [1.54, 1.807) is 53.6 Å². The number of carbonyl (C=O) groups is 1. The number of sulfone groups is 1. The van der Waals surface area contributed by atoms with Gasteiger partial charge in [-0.05, 0) is 43.4 Å². The van der Waals surface area contributed by atoms with Crippen LogP contribution >= 0.6 is 11.8 Å². The normalized spacial score (nSPS) is 17.6. The van der Waals surface area contributed by atoms with E-state index < -0.39 is 9.84 Å². The average Bonchev–Trinajstić information content (AvgIpc) is 3.09. The van der Waals surface area contributed by atoms with Crippen molar-refractivity contribution in [3.05, 3.63) is 54.2 Å². The predicted molar refractivity (Wildman–Crippen MR) is 98.6 cm³/mol. The number of benzene rings is 1. The summed E-state index contributed by atoms with van der Waals surface area (Å²) in [5, 5.41) is 0.670. The summed E-state index contributed by atoms with van der Waals surface area (Å²) in [6, 6.07) is 11.6. The number of amides is 1. The Morgan fingerprint density at radius 2 is 2.00 bits per heavy atom. The Hall–Kier alpha value is -1.86. The van der Waals surface area contributed by atoms with Crippen molar-refractivity contribution in [2.75, 3.05) is 18.6 Å². The number of hydrogen-bond donors (Lipinski definition) is 0. The van der Waals surface area contributed by atoms with E-state index >= 15 is 0 Å². The molecule has 1 fully saturated rings. The van der Waals surface area contributed by atoms with Crippen LogP contribution in [-0.2, 0) is 9.84 Å². The zero-order valence-corrected chi connectivity index (χ0v) is 15.6. The predicted octanol–water partition coefficient (Wildman–Crippen LogP) is 2.88. The van der Waals surface area contributed by atoms with Gasteiger partial charge in [0.1, 0.15) is 5.03 Å². The van der Waals surface area contributed by atoms with Crippen LogP contribution in [0.1, 0.15) is 23.2 Å². The highest BCUT2D eigenvalue weighted by Gasteiger charge is 2.34. The van der Waals surface area contributed by atoms with Gasteiger partial charge in [0, 0.05) is 18.8 Å². The minimum absolute atomic E-state index is 0.0440. The third kappa shape index (κ3) is 3.88. The van der Waals surface area contributed by atoms with E-state index in [0.717, 1.165) is 6.42 Å². The largest absolute Gasteiger partial charge is 0.335 e. The van der Waals surface area contributed by atoms with Crippen molar-refractivity contribution in [3.63, 3.8) is 0 Å². The molecule has 1 aromatic carbocycles. The second-order valence-electron chi connectivity index (χ2n) is 5.95. The van der Waals surface area contributed by atoms with Crippen molar-refractivity contribution in [3.8, 4) is 0 Å². The van der Waals surface area contributed by atoms with Crippen LogP contribution < -0.4 is 0 Å². The molecule has 1 unspecified atom stereocenters. The van der Waals surface area contributed by atoms with Gasteiger partial charge in [-0.3, -0.25) is 4.79 Å². The van der Waals surface area contributed by atoms with Gasteiger partial charge in [0.2, 0.25) is 0 Å². The summed E-state index contributed by atoms with van der Waals surface area (Å²) >= 11 is 1.42. The number of nitrogens with zero attached hydrogens (tertiary/aromatic N) is 2. The highest BCUT2D eigenvalue weighted by Crippen LogP contribution is 2.26. The van der Waals surface area contributed by atoms with Crippen LogP contribution in [0.2, 0.25) is 0 Å². The summed E-state index contributed by atoms with van der Waals surface area (Å²) in [6.07, 6.45) is 5.05. The SMILES string of the molecule is CSc1ncccc1C(=O)N1CCCC1CS(=O)(=O)c1ccccc1. The molecule has 1 amide bonds. The van der Waals surface area contributed by atoms with Crippen molar-refractivity contribution in [2.24, 2.45) is 0 Å². The van der Waals surface area contributed by atoms with Gasteiger partial charge in [-0.1, -0.05) is 18.2 Å². The van der Waals surface area contributed by atoms with Crippen molar-refractivity contribution in [1.82, 2.24) is 9.88 Å². The molecule has 2 aromatic rings. The molecule has 0 N–H and O–H groups in total. The summed E-state index contributed by atoms with van der Waals surface area (Å²) in [7, 11) is -3.42. The van der Waals surface area contributed by atoms with Crippen LogP contribution in [0.5, 0.6) is 0 Å². The lowest BCUT2D eigenvalue weighted by Gasteiger charge is -2.25. The minimum Gasteiger partial charge on any atom is -0.335 e. The van der Waals surface area contributed by atoms with E-state index in [4.69, 9.17) is 0 Å². The number of thioether (sulfide) groups is 1. The van der Waals surface area contributed by atoms with Crippen molar-refractivity contribution >= 4 is 27.5 Å². The summed E-state index contributed by atoms with van der Waals surface area (Å²) in [5.41, 5.74) is 0.541. The molecule has 0 spiro atoms. The Bertz CT molecular complexity index is 854. The number of carbonyl (C=O) groups excluding carboxylic acids is 1. The Morgan fingerprint density at radius 3 is 2.72 bits per heavy atom. The monoisotopic (exact) mass is 376 g/mol. The number of hydrogen-bond acceptors (Lipinski definition) is 5. The lowest BCUT2D eigenvalue weighted by Crippen LogP contribution is -2.40. The smallest absolute Gasteiger partial charge is 0.256 e. The highest BCUT2D eigenvalue weighted by atomic mass is 32.2. The first-order valence-corrected chi connectivity index (χ1v) is 11.0. The van der Waals surface area contributed by atoms with Crippen LogP contribution in [0.25, 0.3) is 0 Å². The summed E-state index contributed by atoms with van der Waals surface area (Å²) in [5.74, 6) is -0.180. The van der Waals surface area contributed by atoms with Gasteiger partial charge in [0.25, 0.3) is 5.91 Å². The summed E-state index contributed by atoms with van der Waals surface area (Å²) in [6.45, 7) is 0.580. The number of rotatable bonds is 5. The van der Waals surface area contributed by atoms with E-state index in [0.29, 0.717) is 28.5 Å². The van der Waals surface area contributed by atoms with Crippen LogP contribution in [0, 0.1) is 0 Å². The topological polar surface area (TPSA) is 67.3 Å². The fraction of sp³-hybridized carbons (Fsp3) is 0.333. The molecule has 1 aromatic heterocycles. The zero-order chi connectivity index (χ0) is 17.9. The van der Waals surface area contributed by atoms with Gasteiger partial charge in [-0.25, -0.2) is 13.4 Å². The highest BCUT2D eigenvalue weighted by molar-refractivity contribution is 7.98. The van der Waals surface area contributed by atoms with Crippen LogP contribution in [0.4, 0.5) is 0 Å². The standard InChI is InChI=1S/C18H20N2O3S2/c1-24-17-16(10-5-11-19-17)18(21)20-12-6-7-14(20)13-25(22,23)15-8-3-2-4-9-15/h2-5,8-11,14H,6-7,12-13H2,1H3. The molecule has 3 rings (SSSR count). The average molecular weight is 377 g/mol. The van der Waals surface area contributed by atoms with E-state index in [2.05, 4.69) is 4.98 Å². The molecule has 2 heterocycles. The maximum Gasteiger partial charge on any atom is 0.256 e. The van der Waals surface area contributed by atoms with E-state index in [1.807, 2.05) is 6.26 Å². The Morgan fingerprint density at radius 1 is 1.24 bits per heavy atom. The molecule has 1 atom stereocenters. The minimum atomic E-state index is -3.42. The van der Waals surface area contributed by atoms with E-state index in [9.17, 15) is 13.2 Å². The van der Waals surface area contributed by atoms with Gasteiger partial charge >= 0.3 is 0 Å². The molecule has 0 bridgehead atoms. The molecule has 5 nitrogen and oxygen atoms in total. The zero-order valence-electron chi connectivity index (χ0n) is 14.0. The molecule has 0 radical (unpaired) electrons. The molecule has 0 saturated carbocycles. The molecule has 7 heteroatoms. The van der Waals surface area contributed by atoms with Crippen molar-refractivity contribution < 1.29 is 13.2 Å². The first kappa shape index (κ1) is 17.9. The molecule has 0 aliphatic carbocycles.